The fourth-order valence-corrected chi connectivity index (χ4v) is 3.32. The number of rotatable bonds is 5. The van der Waals surface area contributed by atoms with Crippen molar-refractivity contribution in [2.45, 2.75) is 13.5 Å². The molecule has 0 aliphatic heterocycles. The van der Waals surface area contributed by atoms with E-state index in [2.05, 4.69) is 15.5 Å². The van der Waals surface area contributed by atoms with Gasteiger partial charge in [0.1, 0.15) is 5.56 Å². The Morgan fingerprint density at radius 2 is 1.70 bits per heavy atom. The van der Waals surface area contributed by atoms with E-state index in [-0.39, 0.29) is 17.8 Å². The molecule has 7 heteroatoms. The van der Waals surface area contributed by atoms with Crippen LogP contribution in [-0.4, -0.2) is 20.4 Å². The van der Waals surface area contributed by atoms with Crippen molar-refractivity contribution in [3.8, 4) is 5.88 Å². The van der Waals surface area contributed by atoms with Crippen LogP contribution in [0.25, 0.3) is 10.8 Å². The van der Waals surface area contributed by atoms with Crippen LogP contribution in [0.2, 0.25) is 0 Å². The first-order chi connectivity index (χ1) is 14.5. The number of nitrogens with zero attached hydrogens (tertiary/aromatic N) is 2. The average molecular weight is 400 g/mol. The number of aromatic hydroxyl groups is 1. The number of anilines is 1. The van der Waals surface area contributed by atoms with Gasteiger partial charge in [0, 0.05) is 5.39 Å². The van der Waals surface area contributed by atoms with E-state index in [9.17, 15) is 14.7 Å². The van der Waals surface area contributed by atoms with Crippen LogP contribution in [0.3, 0.4) is 0 Å². The Morgan fingerprint density at radius 3 is 2.50 bits per heavy atom. The molecule has 0 unspecified atom stereocenters. The first kappa shape index (κ1) is 19.2. The highest BCUT2D eigenvalue weighted by atomic mass is 16.3. The van der Waals surface area contributed by atoms with Gasteiger partial charge >= 0.3 is 5.69 Å². The highest BCUT2D eigenvalue weighted by Crippen LogP contribution is 2.23. The van der Waals surface area contributed by atoms with Gasteiger partial charge in [-0.2, -0.15) is 5.10 Å². The molecule has 1 aromatic heterocycles. The Hall–Kier alpha value is -4.13. The maximum absolute atomic E-state index is 12.4. The van der Waals surface area contributed by atoms with E-state index in [0.29, 0.717) is 0 Å². The quantitative estimate of drug-likeness (QED) is 0.354. The second-order valence-electron chi connectivity index (χ2n) is 6.87. The van der Waals surface area contributed by atoms with Crippen molar-refractivity contribution in [3.63, 3.8) is 0 Å². The number of aromatic amines is 1. The van der Waals surface area contributed by atoms with Gasteiger partial charge in [-0.25, -0.2) is 4.79 Å². The molecule has 150 valence electrons. The average Bonchev–Trinajstić information content (AvgIpc) is 2.75. The second-order valence-corrected chi connectivity index (χ2v) is 6.87. The van der Waals surface area contributed by atoms with E-state index in [1.165, 1.54) is 0 Å². The van der Waals surface area contributed by atoms with Gasteiger partial charge in [0.05, 0.1) is 17.9 Å². The lowest BCUT2D eigenvalue weighted by molar-refractivity contribution is 0.408. The lowest BCUT2D eigenvalue weighted by atomic mass is 10.1. The fourth-order valence-electron chi connectivity index (χ4n) is 3.32. The number of nitrogens with one attached hydrogen (secondary N) is 2. The summed E-state index contributed by atoms with van der Waals surface area (Å²) in [5.74, 6) is -0.423. The van der Waals surface area contributed by atoms with Gasteiger partial charge in [-0.05, 0) is 23.9 Å². The van der Waals surface area contributed by atoms with Crippen LogP contribution in [0.4, 0.5) is 5.69 Å². The van der Waals surface area contributed by atoms with Gasteiger partial charge < -0.3 is 5.11 Å². The van der Waals surface area contributed by atoms with Crippen molar-refractivity contribution in [1.82, 2.24) is 9.55 Å². The number of H-pyrrole nitrogens is 1. The molecule has 3 N–H and O–H groups in total. The lowest BCUT2D eigenvalue weighted by Gasteiger charge is -2.12. The zero-order valence-electron chi connectivity index (χ0n) is 16.3. The SMILES string of the molecule is CC(=NNc1cccc2ccccc12)c1c(O)n(Cc2ccccc2)c(=O)[nH]c1=O. The molecule has 0 bridgehead atoms. The summed E-state index contributed by atoms with van der Waals surface area (Å²) in [7, 11) is 0. The molecule has 3 aromatic carbocycles. The standard InChI is InChI=1S/C23H20N4O3/c1-15(25-26-19-13-7-11-17-10-5-6-12-18(17)19)20-21(28)24-23(30)27(22(20)29)14-16-8-3-2-4-9-16/h2-13,26,29H,14H2,1H3,(H,24,28,30). The third-order valence-corrected chi connectivity index (χ3v) is 4.85. The molecule has 1 heterocycles. The monoisotopic (exact) mass is 400 g/mol. The molecular formula is C23H20N4O3. The maximum atomic E-state index is 12.4. The molecule has 4 aromatic rings. The molecule has 0 atom stereocenters. The predicted octanol–water partition coefficient (Wildman–Crippen LogP) is 3.28. The molecule has 0 saturated heterocycles. The number of hydrazone groups is 1. The molecular weight excluding hydrogens is 380 g/mol. The smallest absolute Gasteiger partial charge is 0.331 e. The number of hydrogen-bond acceptors (Lipinski definition) is 5. The summed E-state index contributed by atoms with van der Waals surface area (Å²) in [6, 6.07) is 22.8. The molecule has 0 aliphatic rings. The summed E-state index contributed by atoms with van der Waals surface area (Å²) in [5, 5.41) is 17.0. The summed E-state index contributed by atoms with van der Waals surface area (Å²) in [6.07, 6.45) is 0. The van der Waals surface area contributed by atoms with Gasteiger partial charge in [0.2, 0.25) is 5.88 Å². The van der Waals surface area contributed by atoms with Crippen LogP contribution in [0.1, 0.15) is 18.1 Å². The van der Waals surface area contributed by atoms with Gasteiger partial charge in [0.25, 0.3) is 5.56 Å². The van der Waals surface area contributed by atoms with E-state index in [0.717, 1.165) is 26.6 Å². The Balaban J connectivity index is 1.71. The summed E-state index contributed by atoms with van der Waals surface area (Å²) < 4.78 is 1.11. The van der Waals surface area contributed by atoms with Gasteiger partial charge in [-0.1, -0.05) is 66.7 Å². The predicted molar refractivity (Wildman–Crippen MR) is 118 cm³/mol. The molecule has 0 amide bonds. The third kappa shape index (κ3) is 3.73. The van der Waals surface area contributed by atoms with Crippen LogP contribution in [0, 0.1) is 0 Å². The Kier molecular flexibility index (Phi) is 5.17. The Bertz CT molecular complexity index is 1350. The van der Waals surface area contributed by atoms with Crippen molar-refractivity contribution in [2.24, 2.45) is 5.10 Å². The number of benzene rings is 3. The van der Waals surface area contributed by atoms with Crippen LogP contribution < -0.4 is 16.7 Å². The fraction of sp³-hybridized carbons (Fsp3) is 0.0870. The molecule has 0 radical (unpaired) electrons. The van der Waals surface area contributed by atoms with E-state index in [1.54, 1.807) is 6.92 Å². The van der Waals surface area contributed by atoms with Crippen molar-refractivity contribution in [1.29, 1.82) is 0 Å². The number of fused-ring (bicyclic) bond motifs is 1. The van der Waals surface area contributed by atoms with Crippen LogP contribution in [0.15, 0.2) is 87.5 Å². The van der Waals surface area contributed by atoms with Gasteiger partial charge in [-0.3, -0.25) is 19.8 Å². The van der Waals surface area contributed by atoms with Crippen molar-refractivity contribution >= 4 is 22.2 Å². The summed E-state index contributed by atoms with van der Waals surface area (Å²) in [5.41, 5.74) is 3.37. The number of aromatic nitrogens is 2. The zero-order valence-corrected chi connectivity index (χ0v) is 16.3. The van der Waals surface area contributed by atoms with Crippen LogP contribution in [0.5, 0.6) is 5.88 Å². The van der Waals surface area contributed by atoms with E-state index in [1.807, 2.05) is 72.8 Å². The molecule has 4 rings (SSSR count). The molecule has 0 saturated carbocycles. The summed E-state index contributed by atoms with van der Waals surface area (Å²) >= 11 is 0. The lowest BCUT2D eigenvalue weighted by Crippen LogP contribution is -2.34. The first-order valence-corrected chi connectivity index (χ1v) is 9.43. The van der Waals surface area contributed by atoms with Crippen molar-refractivity contribution in [2.75, 3.05) is 5.43 Å². The summed E-state index contributed by atoms with van der Waals surface area (Å²) in [4.78, 5) is 26.9. The van der Waals surface area contributed by atoms with E-state index < -0.39 is 17.1 Å². The second kappa shape index (κ2) is 8.08. The largest absolute Gasteiger partial charge is 0.494 e. The maximum Gasteiger partial charge on any atom is 0.331 e. The minimum Gasteiger partial charge on any atom is -0.494 e. The minimum atomic E-state index is -0.692. The number of hydrogen-bond donors (Lipinski definition) is 3. The van der Waals surface area contributed by atoms with Gasteiger partial charge in [-0.15, -0.1) is 0 Å². The molecule has 30 heavy (non-hydrogen) atoms. The molecule has 0 spiro atoms. The van der Waals surface area contributed by atoms with Crippen molar-refractivity contribution in [3.05, 3.63) is 105 Å². The highest BCUT2D eigenvalue weighted by molar-refractivity contribution is 6.01. The highest BCUT2D eigenvalue weighted by Gasteiger charge is 2.17. The van der Waals surface area contributed by atoms with Gasteiger partial charge in [0.15, 0.2) is 0 Å². The zero-order chi connectivity index (χ0) is 21.1. The Morgan fingerprint density at radius 1 is 1.00 bits per heavy atom. The first-order valence-electron chi connectivity index (χ1n) is 9.43. The van der Waals surface area contributed by atoms with Crippen LogP contribution >= 0.6 is 0 Å². The van der Waals surface area contributed by atoms with Crippen molar-refractivity contribution < 1.29 is 5.11 Å². The Labute approximate surface area is 172 Å². The minimum absolute atomic E-state index is 0.0572. The topological polar surface area (TPSA) is 99.5 Å². The third-order valence-electron chi connectivity index (χ3n) is 4.85. The van der Waals surface area contributed by atoms with Crippen LogP contribution in [-0.2, 0) is 6.54 Å². The normalized spacial score (nSPS) is 11.6. The molecule has 7 nitrogen and oxygen atoms in total. The van der Waals surface area contributed by atoms with E-state index in [4.69, 9.17) is 0 Å². The molecule has 0 aliphatic carbocycles. The molecule has 0 fully saturated rings. The van der Waals surface area contributed by atoms with E-state index >= 15 is 0 Å². The summed E-state index contributed by atoms with van der Waals surface area (Å²) in [6.45, 7) is 1.72.